The molecule has 0 aliphatic carbocycles. The lowest BCUT2D eigenvalue weighted by molar-refractivity contribution is -0.445. The molecule has 0 aromatic heterocycles. The lowest BCUT2D eigenvalue weighted by atomic mass is 10.3. The first-order chi connectivity index (χ1) is 5.59. The highest BCUT2D eigenvalue weighted by molar-refractivity contribution is 9.10. The molecule has 1 N–H and O–H groups in total. The quantitative estimate of drug-likeness (QED) is 0.631. The Morgan fingerprint density at radius 3 is 2.75 bits per heavy atom. The summed E-state index contributed by atoms with van der Waals surface area (Å²) in [5.41, 5.74) is 1.58. The maximum Gasteiger partial charge on any atom is 0.162 e. The van der Waals surface area contributed by atoms with E-state index >= 15 is 0 Å². The van der Waals surface area contributed by atoms with Crippen molar-refractivity contribution >= 4 is 21.6 Å². The van der Waals surface area contributed by atoms with Gasteiger partial charge in [0.1, 0.15) is 5.69 Å². The molecule has 12 heavy (non-hydrogen) atoms. The topological polar surface area (TPSA) is 55.2 Å². The predicted octanol–water partition coefficient (Wildman–Crippen LogP) is 2.19. The molecule has 0 radical (unpaired) electrons. The van der Waals surface area contributed by atoms with E-state index in [9.17, 15) is 14.5 Å². The number of hydrazine groups is 1. The monoisotopic (exact) mass is 234 g/mol. The average molecular weight is 235 g/mol. The van der Waals surface area contributed by atoms with Crippen LogP contribution in [-0.4, -0.2) is 5.03 Å². The number of hydrogen-bond acceptors (Lipinski definition) is 2. The third kappa shape index (κ3) is 2.16. The van der Waals surface area contributed by atoms with Gasteiger partial charge in [-0.05, 0) is 18.2 Å². The number of anilines is 1. The van der Waals surface area contributed by atoms with Crippen LogP contribution in [0, 0.1) is 15.9 Å². The van der Waals surface area contributed by atoms with Crippen LogP contribution in [0.4, 0.5) is 10.1 Å². The second-order valence-corrected chi connectivity index (χ2v) is 2.91. The molecule has 1 aromatic carbocycles. The van der Waals surface area contributed by atoms with Crippen molar-refractivity contribution < 1.29 is 9.42 Å². The first-order valence-corrected chi connectivity index (χ1v) is 3.75. The van der Waals surface area contributed by atoms with Gasteiger partial charge in [0.2, 0.25) is 0 Å². The molecule has 64 valence electrons. The van der Waals surface area contributed by atoms with Crippen molar-refractivity contribution in [1.82, 2.24) is 0 Å². The van der Waals surface area contributed by atoms with E-state index in [1.165, 1.54) is 12.1 Å². The Hall–Kier alpha value is -1.17. The van der Waals surface area contributed by atoms with E-state index in [4.69, 9.17) is 0 Å². The van der Waals surface area contributed by atoms with Gasteiger partial charge in [0.05, 0.1) is 0 Å². The maximum atomic E-state index is 12.8. The van der Waals surface area contributed by atoms with Gasteiger partial charge in [-0.1, -0.05) is 15.9 Å². The van der Waals surface area contributed by atoms with Crippen LogP contribution in [0.2, 0.25) is 0 Å². The van der Waals surface area contributed by atoms with Crippen LogP contribution in [-0.2, 0) is 0 Å². The van der Waals surface area contributed by atoms with Gasteiger partial charge in [-0.25, -0.2) is 14.5 Å². The lowest BCUT2D eigenvalue weighted by Gasteiger charge is -1.98. The van der Waals surface area contributed by atoms with Crippen molar-refractivity contribution in [3.05, 3.63) is 38.6 Å². The van der Waals surface area contributed by atoms with Crippen LogP contribution in [0.25, 0.3) is 0 Å². The van der Waals surface area contributed by atoms with Crippen molar-refractivity contribution in [2.24, 2.45) is 0 Å². The molecular formula is C6H4BrFN2O2. The summed E-state index contributed by atoms with van der Waals surface area (Å²) in [7, 11) is 0. The molecule has 0 amide bonds. The van der Waals surface area contributed by atoms with Crippen molar-refractivity contribution in [3.8, 4) is 0 Å². The van der Waals surface area contributed by atoms with Crippen LogP contribution in [0.5, 0.6) is 0 Å². The first-order valence-electron chi connectivity index (χ1n) is 2.95. The number of nitro groups is 1. The Labute approximate surface area is 75.6 Å². The Kier molecular flexibility index (Phi) is 2.59. The van der Waals surface area contributed by atoms with E-state index in [0.717, 1.165) is 6.07 Å². The number of hydrogen-bond donors (Lipinski definition) is 1. The molecule has 4 nitrogen and oxygen atoms in total. The fourth-order valence-electron chi connectivity index (χ4n) is 0.678. The number of rotatable bonds is 2. The summed E-state index contributed by atoms with van der Waals surface area (Å²) in [6.07, 6.45) is 0. The average Bonchev–Trinajstić information content (AvgIpc) is 1.94. The highest BCUT2D eigenvalue weighted by Crippen LogP contribution is 2.18. The van der Waals surface area contributed by atoms with E-state index in [1.54, 1.807) is 5.43 Å². The van der Waals surface area contributed by atoms with E-state index < -0.39 is 10.8 Å². The summed E-state index contributed by atoms with van der Waals surface area (Å²) in [4.78, 5) is 9.92. The minimum absolute atomic E-state index is 0.150. The van der Waals surface area contributed by atoms with Crippen molar-refractivity contribution in [2.75, 3.05) is 5.43 Å². The van der Waals surface area contributed by atoms with Gasteiger partial charge in [-0.3, -0.25) is 0 Å². The number of nitrogens with zero attached hydrogens (tertiary/aromatic N) is 1. The largest absolute Gasteiger partial charge is 0.235 e. The zero-order chi connectivity index (χ0) is 9.14. The normalized spacial score (nSPS) is 9.50. The summed E-state index contributed by atoms with van der Waals surface area (Å²) < 4.78 is 13.3. The summed E-state index contributed by atoms with van der Waals surface area (Å²) in [6.45, 7) is 0. The Morgan fingerprint density at radius 2 is 2.25 bits per heavy atom. The maximum absolute atomic E-state index is 12.8. The van der Waals surface area contributed by atoms with Crippen LogP contribution >= 0.6 is 15.9 Å². The Morgan fingerprint density at radius 1 is 1.58 bits per heavy atom. The Balaban J connectivity index is 2.93. The Bertz CT molecular complexity index is 318. The summed E-state index contributed by atoms with van der Waals surface area (Å²) in [5.74, 6) is -0.666. The third-order valence-corrected chi connectivity index (χ3v) is 1.64. The summed E-state index contributed by atoms with van der Waals surface area (Å²) in [6, 6.07) is 3.93. The molecule has 0 spiro atoms. The molecular weight excluding hydrogens is 231 g/mol. The van der Waals surface area contributed by atoms with Crippen molar-refractivity contribution in [2.45, 2.75) is 0 Å². The molecule has 0 aliphatic rings. The molecule has 0 fully saturated rings. The number of nitrogens with one attached hydrogen (secondary N) is 1. The highest BCUT2D eigenvalue weighted by Gasteiger charge is 2.05. The smallest absolute Gasteiger partial charge is 0.162 e. The van der Waals surface area contributed by atoms with Crippen LogP contribution in [0.3, 0.4) is 0 Å². The van der Waals surface area contributed by atoms with E-state index in [0.29, 0.717) is 4.47 Å². The van der Waals surface area contributed by atoms with Crippen molar-refractivity contribution in [1.29, 1.82) is 0 Å². The van der Waals surface area contributed by atoms with Crippen molar-refractivity contribution in [3.63, 3.8) is 0 Å². The molecule has 0 bridgehead atoms. The second kappa shape index (κ2) is 3.48. The second-order valence-electron chi connectivity index (χ2n) is 1.99. The van der Waals surface area contributed by atoms with Gasteiger partial charge in [0.25, 0.3) is 0 Å². The minimum atomic E-state index is -0.813. The molecule has 1 aromatic rings. The van der Waals surface area contributed by atoms with E-state index in [2.05, 4.69) is 15.9 Å². The molecule has 1 rings (SSSR count). The summed E-state index contributed by atoms with van der Waals surface area (Å²) >= 11 is 3.02. The van der Waals surface area contributed by atoms with Gasteiger partial charge < -0.3 is 0 Å². The standard InChI is InChI=1S/C6H4BrFN2O2/c7-4-1-2-6(5(8)3-4)9-10(11)12/h1-3,9H. The van der Waals surface area contributed by atoms with Crippen LogP contribution < -0.4 is 5.43 Å². The summed E-state index contributed by atoms with van der Waals surface area (Å²) in [5, 5.41) is 9.11. The molecule has 0 atom stereocenters. The molecule has 0 heterocycles. The fourth-order valence-corrected chi connectivity index (χ4v) is 1.01. The molecule has 6 heteroatoms. The van der Waals surface area contributed by atoms with Gasteiger partial charge in [0.15, 0.2) is 10.8 Å². The molecule has 0 unspecified atom stereocenters. The minimum Gasteiger partial charge on any atom is -0.235 e. The van der Waals surface area contributed by atoms with Gasteiger partial charge >= 0.3 is 0 Å². The highest BCUT2D eigenvalue weighted by atomic mass is 79.9. The number of halogens is 2. The third-order valence-electron chi connectivity index (χ3n) is 1.14. The fraction of sp³-hybridized carbons (Fsp3) is 0. The van der Waals surface area contributed by atoms with Crippen LogP contribution in [0.1, 0.15) is 0 Å². The van der Waals surface area contributed by atoms with Gasteiger partial charge in [0, 0.05) is 4.47 Å². The predicted molar refractivity (Wildman–Crippen MR) is 44.7 cm³/mol. The molecule has 0 saturated heterocycles. The van der Waals surface area contributed by atoms with Gasteiger partial charge in [-0.15, -0.1) is 5.43 Å². The SMILES string of the molecule is O=[N+]([O-])Nc1ccc(Br)cc1F. The van der Waals surface area contributed by atoms with E-state index in [-0.39, 0.29) is 5.69 Å². The zero-order valence-electron chi connectivity index (χ0n) is 5.75. The molecule has 0 saturated carbocycles. The van der Waals surface area contributed by atoms with E-state index in [1.807, 2.05) is 0 Å². The van der Waals surface area contributed by atoms with Gasteiger partial charge in [-0.2, -0.15) is 0 Å². The first kappa shape index (κ1) is 8.92. The zero-order valence-corrected chi connectivity index (χ0v) is 7.34. The number of benzene rings is 1. The lowest BCUT2D eigenvalue weighted by Crippen LogP contribution is -2.09. The molecule has 0 aliphatic heterocycles. The van der Waals surface area contributed by atoms with Crippen LogP contribution in [0.15, 0.2) is 22.7 Å².